The number of amides is 2. The first-order chi connectivity index (χ1) is 9.08. The van der Waals surface area contributed by atoms with E-state index < -0.39 is 5.91 Å². The predicted octanol–water partition coefficient (Wildman–Crippen LogP) is 1.38. The largest absolute Gasteiger partial charge is 0.366 e. The van der Waals surface area contributed by atoms with E-state index >= 15 is 0 Å². The van der Waals surface area contributed by atoms with Gasteiger partial charge in [0.2, 0.25) is 11.8 Å². The average molecular weight is 282 g/mol. The number of carbonyl (C=O) groups excluding carboxylic acids is 2. The highest BCUT2D eigenvalue weighted by atomic mass is 35.5. The second-order valence-electron chi connectivity index (χ2n) is 4.59. The van der Waals surface area contributed by atoms with E-state index in [1.165, 1.54) is 12.1 Å². The van der Waals surface area contributed by atoms with E-state index in [1.54, 1.807) is 6.07 Å². The smallest absolute Gasteiger partial charge is 0.250 e. The van der Waals surface area contributed by atoms with Gasteiger partial charge in [0.05, 0.1) is 16.5 Å². The zero-order valence-electron chi connectivity index (χ0n) is 10.4. The Bertz CT molecular complexity index is 499. The number of anilines is 1. The van der Waals surface area contributed by atoms with Crippen LogP contribution in [-0.2, 0) is 4.79 Å². The van der Waals surface area contributed by atoms with E-state index in [0.717, 1.165) is 19.4 Å². The standard InChI is InChI=1S/C13H16ClN3O2/c14-11-6-9(3-4-10(11)12(15)18)17-13(19)8-2-1-5-16-7-8/h3-4,6,8,16H,1-2,5,7H2,(H2,15,18)(H,17,19)/t8-/m0/s1. The molecule has 1 saturated heterocycles. The van der Waals surface area contributed by atoms with Gasteiger partial charge in [-0.05, 0) is 37.6 Å². The van der Waals surface area contributed by atoms with E-state index in [4.69, 9.17) is 17.3 Å². The Kier molecular flexibility index (Phi) is 4.39. The number of rotatable bonds is 3. The Balaban J connectivity index is 2.04. The van der Waals surface area contributed by atoms with Crippen LogP contribution in [0.15, 0.2) is 18.2 Å². The van der Waals surface area contributed by atoms with Crippen molar-refractivity contribution in [1.82, 2.24) is 5.32 Å². The lowest BCUT2D eigenvalue weighted by Gasteiger charge is -2.22. The summed E-state index contributed by atoms with van der Waals surface area (Å²) in [6, 6.07) is 4.68. The topological polar surface area (TPSA) is 84.2 Å². The number of hydrogen-bond donors (Lipinski definition) is 3. The molecule has 1 atom stereocenters. The van der Waals surface area contributed by atoms with Gasteiger partial charge in [0.1, 0.15) is 0 Å². The molecule has 0 spiro atoms. The summed E-state index contributed by atoms with van der Waals surface area (Å²) in [5.74, 6) is -0.641. The average Bonchev–Trinajstić information content (AvgIpc) is 2.39. The van der Waals surface area contributed by atoms with E-state index in [9.17, 15) is 9.59 Å². The first kappa shape index (κ1) is 13.8. The van der Waals surface area contributed by atoms with Crippen LogP contribution in [-0.4, -0.2) is 24.9 Å². The van der Waals surface area contributed by atoms with Crippen LogP contribution in [0.4, 0.5) is 5.69 Å². The maximum absolute atomic E-state index is 12.0. The Labute approximate surface area is 116 Å². The second kappa shape index (κ2) is 6.04. The van der Waals surface area contributed by atoms with Crippen LogP contribution < -0.4 is 16.4 Å². The zero-order valence-corrected chi connectivity index (χ0v) is 11.2. The van der Waals surface area contributed by atoms with Crippen LogP contribution in [0.3, 0.4) is 0 Å². The van der Waals surface area contributed by atoms with Crippen LogP contribution in [0.25, 0.3) is 0 Å². The number of nitrogens with two attached hydrogens (primary N) is 1. The minimum Gasteiger partial charge on any atom is -0.366 e. The molecule has 0 aliphatic carbocycles. The van der Waals surface area contributed by atoms with Gasteiger partial charge in [0, 0.05) is 12.2 Å². The minimum absolute atomic E-state index is 0.0247. The highest BCUT2D eigenvalue weighted by Gasteiger charge is 2.21. The SMILES string of the molecule is NC(=O)c1ccc(NC(=O)[C@H]2CCCNC2)cc1Cl. The first-order valence-electron chi connectivity index (χ1n) is 6.19. The number of carbonyl (C=O) groups is 2. The van der Waals surface area contributed by atoms with E-state index in [2.05, 4.69) is 10.6 Å². The summed E-state index contributed by atoms with van der Waals surface area (Å²) in [5.41, 5.74) is 5.99. The monoisotopic (exact) mass is 281 g/mol. The molecule has 2 amide bonds. The molecule has 1 aliphatic rings. The van der Waals surface area contributed by atoms with Crippen molar-refractivity contribution in [2.45, 2.75) is 12.8 Å². The highest BCUT2D eigenvalue weighted by molar-refractivity contribution is 6.34. The van der Waals surface area contributed by atoms with Gasteiger partial charge in [0.15, 0.2) is 0 Å². The molecule has 19 heavy (non-hydrogen) atoms. The number of benzene rings is 1. The Hall–Kier alpha value is -1.59. The molecule has 6 heteroatoms. The Morgan fingerprint density at radius 3 is 2.79 bits per heavy atom. The first-order valence-corrected chi connectivity index (χ1v) is 6.56. The molecule has 5 nitrogen and oxygen atoms in total. The lowest BCUT2D eigenvalue weighted by molar-refractivity contribution is -0.120. The summed E-state index contributed by atoms with van der Waals surface area (Å²) in [7, 11) is 0. The maximum Gasteiger partial charge on any atom is 0.250 e. The molecule has 1 fully saturated rings. The third kappa shape index (κ3) is 3.45. The van der Waals surface area contributed by atoms with Crippen molar-refractivity contribution >= 4 is 29.1 Å². The Morgan fingerprint density at radius 1 is 1.42 bits per heavy atom. The quantitative estimate of drug-likeness (QED) is 0.782. The van der Waals surface area contributed by atoms with Gasteiger partial charge < -0.3 is 16.4 Å². The Morgan fingerprint density at radius 2 is 2.21 bits per heavy atom. The molecule has 1 aromatic rings. The van der Waals surface area contributed by atoms with Gasteiger partial charge in [-0.3, -0.25) is 9.59 Å². The molecule has 0 saturated carbocycles. The van der Waals surface area contributed by atoms with Gasteiger partial charge in [0.25, 0.3) is 0 Å². The fourth-order valence-corrected chi connectivity index (χ4v) is 2.39. The summed E-state index contributed by atoms with van der Waals surface area (Å²) >= 11 is 5.93. The zero-order chi connectivity index (χ0) is 13.8. The molecule has 2 rings (SSSR count). The summed E-state index contributed by atoms with van der Waals surface area (Å²) in [5, 5.41) is 6.23. The molecule has 0 aromatic heterocycles. The molecule has 0 bridgehead atoms. The van der Waals surface area contributed by atoms with Gasteiger partial charge in [-0.15, -0.1) is 0 Å². The molecule has 1 aliphatic heterocycles. The van der Waals surface area contributed by atoms with Gasteiger partial charge in [-0.25, -0.2) is 0 Å². The van der Waals surface area contributed by atoms with Crippen molar-refractivity contribution in [3.8, 4) is 0 Å². The molecule has 1 aromatic carbocycles. The number of nitrogens with one attached hydrogen (secondary N) is 2. The normalized spacial score (nSPS) is 18.9. The molecular weight excluding hydrogens is 266 g/mol. The van der Waals surface area contributed by atoms with Gasteiger partial charge >= 0.3 is 0 Å². The summed E-state index contributed by atoms with van der Waals surface area (Å²) < 4.78 is 0. The predicted molar refractivity (Wildman–Crippen MR) is 74.2 cm³/mol. The lowest BCUT2D eigenvalue weighted by atomic mass is 9.99. The van der Waals surface area contributed by atoms with E-state index in [1.807, 2.05) is 0 Å². The summed E-state index contributed by atoms with van der Waals surface area (Å²) in [6.07, 6.45) is 1.88. The molecule has 4 N–H and O–H groups in total. The fraction of sp³-hybridized carbons (Fsp3) is 0.385. The fourth-order valence-electron chi connectivity index (χ4n) is 2.11. The third-order valence-corrected chi connectivity index (χ3v) is 3.48. The second-order valence-corrected chi connectivity index (χ2v) is 5.00. The molecule has 0 unspecified atom stereocenters. The van der Waals surface area contributed by atoms with E-state index in [-0.39, 0.29) is 22.4 Å². The van der Waals surface area contributed by atoms with Crippen LogP contribution in [0.5, 0.6) is 0 Å². The van der Waals surface area contributed by atoms with Gasteiger partial charge in [-0.2, -0.15) is 0 Å². The van der Waals surface area contributed by atoms with Crippen molar-refractivity contribution in [2.75, 3.05) is 18.4 Å². The van der Waals surface area contributed by atoms with Crippen LogP contribution >= 0.6 is 11.6 Å². The minimum atomic E-state index is -0.584. The summed E-state index contributed by atoms with van der Waals surface area (Å²) in [6.45, 7) is 1.65. The van der Waals surface area contributed by atoms with Crippen molar-refractivity contribution in [3.63, 3.8) is 0 Å². The van der Waals surface area contributed by atoms with Crippen molar-refractivity contribution in [1.29, 1.82) is 0 Å². The lowest BCUT2D eigenvalue weighted by Crippen LogP contribution is -2.37. The number of hydrogen-bond acceptors (Lipinski definition) is 3. The van der Waals surface area contributed by atoms with Crippen molar-refractivity contribution in [2.24, 2.45) is 11.7 Å². The number of halogens is 1. The molecule has 1 heterocycles. The molecular formula is C13H16ClN3O2. The number of piperidine rings is 1. The van der Waals surface area contributed by atoms with Crippen LogP contribution in [0.1, 0.15) is 23.2 Å². The number of primary amides is 1. The van der Waals surface area contributed by atoms with Crippen LogP contribution in [0, 0.1) is 5.92 Å². The van der Waals surface area contributed by atoms with E-state index in [0.29, 0.717) is 12.2 Å². The molecule has 0 radical (unpaired) electrons. The van der Waals surface area contributed by atoms with Crippen LogP contribution in [0.2, 0.25) is 5.02 Å². The summed E-state index contributed by atoms with van der Waals surface area (Å²) in [4.78, 5) is 23.1. The van der Waals surface area contributed by atoms with Crippen molar-refractivity contribution < 1.29 is 9.59 Å². The maximum atomic E-state index is 12.0. The highest BCUT2D eigenvalue weighted by Crippen LogP contribution is 2.21. The molecule has 102 valence electrons. The van der Waals surface area contributed by atoms with Gasteiger partial charge in [-0.1, -0.05) is 11.6 Å². The third-order valence-electron chi connectivity index (χ3n) is 3.17. The van der Waals surface area contributed by atoms with Crippen molar-refractivity contribution in [3.05, 3.63) is 28.8 Å².